The first-order valence-corrected chi connectivity index (χ1v) is 12.1. The predicted octanol–water partition coefficient (Wildman–Crippen LogP) is 5.26. The number of nitrogens with one attached hydrogen (secondary N) is 2. The van der Waals surface area contributed by atoms with Gasteiger partial charge in [-0.3, -0.25) is 4.79 Å². The van der Waals surface area contributed by atoms with Crippen LogP contribution in [0, 0.1) is 12.3 Å². The lowest BCUT2D eigenvalue weighted by Gasteiger charge is -2.25. The molecule has 0 aliphatic heterocycles. The van der Waals surface area contributed by atoms with Crippen molar-refractivity contribution in [2.24, 2.45) is 5.73 Å². The number of alkyl halides is 3. The van der Waals surface area contributed by atoms with Crippen LogP contribution in [0.3, 0.4) is 0 Å². The number of hydrogen-bond donors (Lipinski definition) is 4. The summed E-state index contributed by atoms with van der Waals surface area (Å²) >= 11 is 0. The molecular formula is C26H38F3N5O4. The summed E-state index contributed by atoms with van der Waals surface area (Å²) in [6.07, 6.45) is -2.35. The molecule has 1 amide bonds. The van der Waals surface area contributed by atoms with Crippen molar-refractivity contribution in [3.05, 3.63) is 41.4 Å². The molecule has 0 spiro atoms. The van der Waals surface area contributed by atoms with Gasteiger partial charge in [-0.1, -0.05) is 27.7 Å². The number of ether oxygens (including phenoxy) is 1. The lowest BCUT2D eigenvalue weighted by molar-refractivity contribution is -0.141. The minimum Gasteiger partial charge on any atom is -0.494 e. The van der Waals surface area contributed by atoms with Gasteiger partial charge in [0, 0.05) is 42.7 Å². The number of nitrogens with two attached hydrogens (primary N) is 1. The first-order chi connectivity index (χ1) is 18.2. The molecule has 1 saturated carbocycles. The van der Waals surface area contributed by atoms with Gasteiger partial charge in [0.25, 0.3) is 0 Å². The molecule has 1 aliphatic carbocycles. The number of fused-ring (bicyclic) bond motifs is 1. The summed E-state index contributed by atoms with van der Waals surface area (Å²) in [4.78, 5) is 17.7. The van der Waals surface area contributed by atoms with E-state index in [0.717, 1.165) is 31.7 Å². The maximum Gasteiger partial charge on any atom is 0.433 e. The molecule has 9 nitrogen and oxygen atoms in total. The van der Waals surface area contributed by atoms with Crippen LogP contribution >= 0.6 is 0 Å². The molecule has 1 aromatic carbocycles. The van der Waals surface area contributed by atoms with Gasteiger partial charge in [0.15, 0.2) is 0 Å². The molecule has 0 unspecified atom stereocenters. The number of methoxy groups -OCH3 is 1. The van der Waals surface area contributed by atoms with E-state index in [-0.39, 0.29) is 29.7 Å². The SMILES string of the molecule is CC.CC.CO.COc1ccc(-c2nc(C)c(CN)o2)c2ccc(C(F)(F)F)nc12.N=C1CC(NC=O)C1. The quantitative estimate of drug-likeness (QED) is 0.322. The van der Waals surface area contributed by atoms with E-state index in [4.69, 9.17) is 25.4 Å². The molecule has 1 aliphatic rings. The van der Waals surface area contributed by atoms with Gasteiger partial charge in [0.2, 0.25) is 12.3 Å². The highest BCUT2D eigenvalue weighted by Gasteiger charge is 2.33. The predicted molar refractivity (Wildman–Crippen MR) is 142 cm³/mol. The minimum atomic E-state index is -4.54. The molecule has 2 aromatic heterocycles. The Balaban J connectivity index is 0.000000817. The Kier molecular flexibility index (Phi) is 15.5. The number of pyridine rings is 1. The fourth-order valence-corrected chi connectivity index (χ4v) is 3.18. The first-order valence-electron chi connectivity index (χ1n) is 12.1. The molecule has 2 heterocycles. The molecule has 12 heteroatoms. The Morgan fingerprint density at radius 2 is 1.76 bits per heavy atom. The number of benzene rings is 1. The lowest BCUT2D eigenvalue weighted by atomic mass is 9.91. The average Bonchev–Trinajstić information content (AvgIpc) is 3.30. The smallest absolute Gasteiger partial charge is 0.433 e. The third-order valence-corrected chi connectivity index (χ3v) is 4.93. The second-order valence-corrected chi connectivity index (χ2v) is 7.13. The Morgan fingerprint density at radius 1 is 1.16 bits per heavy atom. The van der Waals surface area contributed by atoms with Crippen molar-refractivity contribution in [3.8, 4) is 17.2 Å². The number of aromatic nitrogens is 2. The summed E-state index contributed by atoms with van der Waals surface area (Å²) in [5.41, 5.74) is 6.58. The van der Waals surface area contributed by atoms with E-state index in [9.17, 15) is 18.0 Å². The van der Waals surface area contributed by atoms with Gasteiger partial charge in [0.1, 0.15) is 22.7 Å². The molecule has 0 saturated heterocycles. The van der Waals surface area contributed by atoms with Crippen LogP contribution in [0.1, 0.15) is 57.7 Å². The van der Waals surface area contributed by atoms with E-state index >= 15 is 0 Å². The minimum absolute atomic E-state index is 0.0926. The highest BCUT2D eigenvalue weighted by molar-refractivity contribution is 5.96. The van der Waals surface area contributed by atoms with Gasteiger partial charge in [-0.05, 0) is 31.2 Å². The summed E-state index contributed by atoms with van der Waals surface area (Å²) in [5.74, 6) is 1.04. The zero-order valence-corrected chi connectivity index (χ0v) is 22.9. The number of nitrogens with zero attached hydrogens (tertiary/aromatic N) is 2. The Labute approximate surface area is 221 Å². The van der Waals surface area contributed by atoms with Gasteiger partial charge in [-0.25, -0.2) is 9.97 Å². The van der Waals surface area contributed by atoms with Crippen molar-refractivity contribution in [1.29, 1.82) is 5.41 Å². The molecule has 0 bridgehead atoms. The van der Waals surface area contributed by atoms with Crippen molar-refractivity contribution in [2.75, 3.05) is 14.2 Å². The molecule has 5 N–H and O–H groups in total. The van der Waals surface area contributed by atoms with Crippen molar-refractivity contribution in [2.45, 2.75) is 66.2 Å². The average molecular weight is 542 g/mol. The fourth-order valence-electron chi connectivity index (χ4n) is 3.18. The van der Waals surface area contributed by atoms with Gasteiger partial charge in [-0.15, -0.1) is 0 Å². The van der Waals surface area contributed by atoms with Crippen LogP contribution in [0.5, 0.6) is 5.75 Å². The van der Waals surface area contributed by atoms with Crippen LogP contribution < -0.4 is 15.8 Å². The molecule has 38 heavy (non-hydrogen) atoms. The van der Waals surface area contributed by atoms with Crippen molar-refractivity contribution >= 4 is 23.0 Å². The number of amides is 1. The van der Waals surface area contributed by atoms with Crippen molar-refractivity contribution < 1.29 is 32.2 Å². The number of oxazole rings is 1. The number of carbonyl (C=O) groups is 1. The fraction of sp³-hybridized carbons (Fsp3) is 0.462. The van der Waals surface area contributed by atoms with Crippen LogP contribution in [0.25, 0.3) is 22.4 Å². The van der Waals surface area contributed by atoms with E-state index in [0.29, 0.717) is 28.8 Å². The number of carbonyl (C=O) groups excluding carboxylic acids is 1. The normalized spacial score (nSPS) is 13.6. The van der Waals surface area contributed by atoms with E-state index < -0.39 is 11.9 Å². The van der Waals surface area contributed by atoms with Gasteiger partial charge < -0.3 is 30.7 Å². The monoisotopic (exact) mass is 541 g/mol. The molecule has 0 radical (unpaired) electrons. The number of hydrogen-bond acceptors (Lipinski definition) is 8. The summed E-state index contributed by atoms with van der Waals surface area (Å²) in [7, 11) is 2.37. The van der Waals surface area contributed by atoms with Crippen LogP contribution in [0.2, 0.25) is 0 Å². The zero-order valence-electron chi connectivity index (χ0n) is 22.9. The summed E-state index contributed by atoms with van der Waals surface area (Å²) in [6, 6.07) is 5.73. The summed E-state index contributed by atoms with van der Waals surface area (Å²) in [6.45, 7) is 9.93. The molecular weight excluding hydrogens is 503 g/mol. The Bertz CT molecular complexity index is 1140. The number of aliphatic hydroxyl groups excluding tert-OH is 1. The van der Waals surface area contributed by atoms with Crippen LogP contribution in [-0.2, 0) is 17.5 Å². The molecule has 1 fully saturated rings. The van der Waals surface area contributed by atoms with Gasteiger partial charge in [-0.2, -0.15) is 13.2 Å². The first kappa shape index (κ1) is 34.5. The third kappa shape index (κ3) is 9.10. The van der Waals surface area contributed by atoms with E-state index in [2.05, 4.69) is 15.3 Å². The number of aliphatic hydroxyl groups is 1. The summed E-state index contributed by atoms with van der Waals surface area (Å²) in [5, 5.41) is 17.0. The Morgan fingerprint density at radius 3 is 2.21 bits per heavy atom. The zero-order chi connectivity index (χ0) is 29.5. The molecule has 212 valence electrons. The maximum atomic E-state index is 12.9. The van der Waals surface area contributed by atoms with Crippen LogP contribution in [0.4, 0.5) is 13.2 Å². The van der Waals surface area contributed by atoms with Crippen molar-refractivity contribution in [1.82, 2.24) is 15.3 Å². The van der Waals surface area contributed by atoms with E-state index in [1.54, 1.807) is 13.0 Å². The summed E-state index contributed by atoms with van der Waals surface area (Å²) < 4.78 is 49.5. The van der Waals surface area contributed by atoms with E-state index in [1.807, 2.05) is 27.7 Å². The largest absolute Gasteiger partial charge is 0.494 e. The topological polar surface area (TPSA) is 147 Å². The standard InChI is InChI=1S/C16H14F3N3O2.C5H8N2O.2C2H6.CH4O/c1-8-12(7-20)24-15(21-8)10-3-5-11(23-2)14-9(10)4-6-13(22-14)16(17,18)19;6-4-1-5(2-4)7-3-8;3*1-2/h3-6H,7,20H2,1-2H3;3,5-6H,1-2H2,(H,7,8);2*1-2H3;2H,1H3. The van der Waals surface area contributed by atoms with Gasteiger partial charge in [0.05, 0.1) is 19.3 Å². The Hall–Kier alpha value is -3.51. The lowest BCUT2D eigenvalue weighted by Crippen LogP contribution is -2.40. The second kappa shape index (κ2) is 17.1. The highest BCUT2D eigenvalue weighted by atomic mass is 19.4. The molecule has 4 rings (SSSR count). The molecule has 0 atom stereocenters. The maximum absolute atomic E-state index is 12.9. The number of rotatable bonds is 5. The third-order valence-electron chi connectivity index (χ3n) is 4.93. The van der Waals surface area contributed by atoms with E-state index in [1.165, 1.54) is 19.2 Å². The second-order valence-electron chi connectivity index (χ2n) is 7.13. The van der Waals surface area contributed by atoms with Gasteiger partial charge >= 0.3 is 6.18 Å². The van der Waals surface area contributed by atoms with Crippen LogP contribution in [0.15, 0.2) is 28.7 Å². The van der Waals surface area contributed by atoms with Crippen LogP contribution in [-0.4, -0.2) is 47.5 Å². The highest BCUT2D eigenvalue weighted by Crippen LogP contribution is 2.36. The number of aryl methyl sites for hydroxylation is 1. The molecule has 3 aromatic rings. The number of halogens is 3. The van der Waals surface area contributed by atoms with Crippen molar-refractivity contribution in [3.63, 3.8) is 0 Å².